The van der Waals surface area contributed by atoms with E-state index in [-0.39, 0.29) is 25.9 Å². The van der Waals surface area contributed by atoms with Gasteiger partial charge in [0.05, 0.1) is 0 Å². The van der Waals surface area contributed by atoms with E-state index in [0.717, 1.165) is 5.92 Å². The first kappa shape index (κ1) is 11.3. The van der Waals surface area contributed by atoms with E-state index in [4.69, 9.17) is 0 Å². The molecule has 0 radical (unpaired) electrons. The smallest absolute Gasteiger partial charge is 1.00 e. The summed E-state index contributed by atoms with van der Waals surface area (Å²) >= 11 is 0. The predicted octanol–water partition coefficient (Wildman–Crippen LogP) is 2.45. The van der Waals surface area contributed by atoms with Crippen molar-refractivity contribution in [3.8, 4) is 0 Å². The van der Waals surface area contributed by atoms with Gasteiger partial charge in [-0.1, -0.05) is 32.4 Å². The number of hydrogen-bond acceptors (Lipinski definition) is 0. The Bertz CT molecular complexity index is 64.6. The van der Waals surface area contributed by atoms with E-state index in [9.17, 15) is 0 Å². The fraction of sp³-hybridized carbons (Fsp3) is 0.714. The molecule has 0 aliphatic carbocycles. The molecule has 0 fully saturated rings. The summed E-state index contributed by atoms with van der Waals surface area (Å²) in [6.07, 6.45) is 5.58. The van der Waals surface area contributed by atoms with Gasteiger partial charge >= 0.3 is 23.1 Å². The third kappa shape index (κ3) is 6.51. The molecule has 0 aromatic heterocycles. The van der Waals surface area contributed by atoms with Gasteiger partial charge in [-0.15, -0.1) is 0 Å². The van der Waals surface area contributed by atoms with Crippen LogP contribution in [-0.2, 0) is 0 Å². The van der Waals surface area contributed by atoms with Crippen LogP contribution in [-0.4, -0.2) is 23.1 Å². The van der Waals surface area contributed by atoms with Gasteiger partial charge in [0.25, 0.3) is 0 Å². The van der Waals surface area contributed by atoms with Crippen LogP contribution >= 0.6 is 0 Å². The fourth-order valence-electron chi connectivity index (χ4n) is 0.465. The minimum Gasteiger partial charge on any atom is -1.00 e. The second-order valence-corrected chi connectivity index (χ2v) is 1.91. The first-order chi connectivity index (χ1) is 3.31. The van der Waals surface area contributed by atoms with Crippen LogP contribution in [0.5, 0.6) is 0 Å². The second kappa shape index (κ2) is 7.51. The number of rotatable bonds is 2. The Labute approximate surface area is 71.5 Å². The molecule has 1 unspecified atom stereocenters. The molecule has 8 heavy (non-hydrogen) atoms. The molecule has 0 bridgehead atoms. The van der Waals surface area contributed by atoms with Crippen LogP contribution in [0.25, 0.3) is 0 Å². The Hall–Kier alpha value is 0.506. The first-order valence-electron chi connectivity index (χ1n) is 2.94. The van der Waals surface area contributed by atoms with Crippen molar-refractivity contribution in [3.05, 3.63) is 12.2 Å². The maximum absolute atomic E-state index is 2.22. The van der Waals surface area contributed by atoms with Gasteiger partial charge in [0.15, 0.2) is 0 Å². The molecule has 0 aliphatic heterocycles. The van der Waals surface area contributed by atoms with Gasteiger partial charge in [-0.25, -0.2) is 0 Å². The molecule has 0 nitrogen and oxygen atoms in total. The minimum absolute atomic E-state index is 0. The predicted molar refractivity (Wildman–Crippen MR) is 42.2 cm³/mol. The van der Waals surface area contributed by atoms with Crippen molar-refractivity contribution in [3.63, 3.8) is 0 Å². The first-order valence-corrected chi connectivity index (χ1v) is 2.94. The third-order valence-electron chi connectivity index (χ3n) is 1.16. The summed E-state index contributed by atoms with van der Waals surface area (Å²) in [5, 5.41) is 0. The fourth-order valence-corrected chi connectivity index (χ4v) is 0.465. The van der Waals surface area contributed by atoms with E-state index in [0.29, 0.717) is 0 Å². The molecular formula is C7H16Mg. The standard InChI is InChI=1S/C7H14.Mg.2H/c1-4-6-7(3)5-2;;;/h4,6-7H,5H2,1-3H3;;;/q;+2;2*-1. The zero-order valence-electron chi connectivity index (χ0n) is 8.15. The van der Waals surface area contributed by atoms with Gasteiger partial charge in [0.2, 0.25) is 0 Å². The van der Waals surface area contributed by atoms with Gasteiger partial charge in [0, 0.05) is 0 Å². The van der Waals surface area contributed by atoms with Gasteiger partial charge in [-0.3, -0.25) is 0 Å². The van der Waals surface area contributed by atoms with Crippen LogP contribution in [0.2, 0.25) is 0 Å². The van der Waals surface area contributed by atoms with Gasteiger partial charge in [0.1, 0.15) is 0 Å². The van der Waals surface area contributed by atoms with Crippen molar-refractivity contribution in [2.75, 3.05) is 0 Å². The second-order valence-electron chi connectivity index (χ2n) is 1.91. The van der Waals surface area contributed by atoms with Gasteiger partial charge in [-0.05, 0) is 12.8 Å². The van der Waals surface area contributed by atoms with Crippen molar-refractivity contribution < 1.29 is 2.85 Å². The van der Waals surface area contributed by atoms with Crippen LogP contribution in [0.3, 0.4) is 0 Å². The van der Waals surface area contributed by atoms with Gasteiger partial charge < -0.3 is 2.85 Å². The third-order valence-corrected chi connectivity index (χ3v) is 1.16. The Morgan fingerprint density at radius 3 is 2.25 bits per heavy atom. The van der Waals surface area contributed by atoms with Crippen LogP contribution in [0.4, 0.5) is 0 Å². The molecule has 0 N–H and O–H groups in total. The van der Waals surface area contributed by atoms with Crippen LogP contribution in [0.15, 0.2) is 12.2 Å². The van der Waals surface area contributed by atoms with E-state index >= 15 is 0 Å². The van der Waals surface area contributed by atoms with Gasteiger partial charge in [-0.2, -0.15) is 0 Å². The molecule has 0 aromatic rings. The maximum atomic E-state index is 2.22. The molecule has 0 spiro atoms. The molecule has 0 rings (SSSR count). The summed E-state index contributed by atoms with van der Waals surface area (Å²) in [5.74, 6) is 0.769. The summed E-state index contributed by atoms with van der Waals surface area (Å²) in [5.41, 5.74) is 0. The Morgan fingerprint density at radius 2 is 2.12 bits per heavy atom. The van der Waals surface area contributed by atoms with Crippen molar-refractivity contribution >= 4 is 23.1 Å². The summed E-state index contributed by atoms with van der Waals surface area (Å²) < 4.78 is 0. The largest absolute Gasteiger partial charge is 2.00 e. The van der Waals surface area contributed by atoms with Crippen LogP contribution in [0, 0.1) is 5.92 Å². The van der Waals surface area contributed by atoms with E-state index in [2.05, 4.69) is 32.9 Å². The molecule has 0 amide bonds. The van der Waals surface area contributed by atoms with E-state index in [1.54, 1.807) is 0 Å². The Kier molecular flexibility index (Phi) is 10.6. The topological polar surface area (TPSA) is 0 Å². The van der Waals surface area contributed by atoms with E-state index in [1.807, 2.05) is 0 Å². The van der Waals surface area contributed by atoms with Crippen molar-refractivity contribution in [2.45, 2.75) is 27.2 Å². The number of hydrogen-bond donors (Lipinski definition) is 0. The summed E-state index contributed by atoms with van der Waals surface area (Å²) in [7, 11) is 0. The summed E-state index contributed by atoms with van der Waals surface area (Å²) in [6, 6.07) is 0. The van der Waals surface area contributed by atoms with Crippen LogP contribution in [0.1, 0.15) is 30.0 Å². The zero-order chi connectivity index (χ0) is 5.70. The van der Waals surface area contributed by atoms with E-state index < -0.39 is 0 Å². The summed E-state index contributed by atoms with van der Waals surface area (Å²) in [6.45, 7) is 6.48. The normalized spacial score (nSPS) is 13.4. The molecular weight excluding hydrogens is 108 g/mol. The van der Waals surface area contributed by atoms with Crippen LogP contribution < -0.4 is 0 Å². The molecule has 0 aliphatic rings. The molecule has 0 saturated carbocycles. The maximum Gasteiger partial charge on any atom is 2.00 e. The average molecular weight is 125 g/mol. The SMILES string of the molecule is CC=CC(C)CC.[H-].[H-].[Mg+2]. The molecule has 1 atom stereocenters. The van der Waals surface area contributed by atoms with Crippen molar-refractivity contribution in [2.24, 2.45) is 5.92 Å². The Morgan fingerprint density at radius 1 is 1.62 bits per heavy atom. The summed E-state index contributed by atoms with van der Waals surface area (Å²) in [4.78, 5) is 0. The molecule has 46 valence electrons. The molecule has 0 saturated heterocycles. The average Bonchev–Trinajstić information content (AvgIpc) is 1.68. The van der Waals surface area contributed by atoms with Crippen molar-refractivity contribution in [1.29, 1.82) is 0 Å². The van der Waals surface area contributed by atoms with Crippen molar-refractivity contribution in [1.82, 2.24) is 0 Å². The Balaban J connectivity index is -0.0000000600. The quantitative estimate of drug-likeness (QED) is 0.392. The molecule has 0 aromatic carbocycles. The van der Waals surface area contributed by atoms with E-state index in [1.165, 1.54) is 6.42 Å². The molecule has 1 heteroatoms. The molecule has 0 heterocycles. The zero-order valence-corrected chi connectivity index (χ0v) is 7.56. The monoisotopic (exact) mass is 124 g/mol. The minimum atomic E-state index is 0. The number of allylic oxidation sites excluding steroid dienone is 2.